The molecule has 3 atom stereocenters. The van der Waals surface area contributed by atoms with Gasteiger partial charge in [-0.15, -0.1) is 0 Å². The number of H-pyrrole nitrogens is 1. The van der Waals surface area contributed by atoms with Crippen molar-refractivity contribution in [1.82, 2.24) is 9.88 Å². The smallest absolute Gasteiger partial charge is 0.326 e. The van der Waals surface area contributed by atoms with Crippen molar-refractivity contribution in [2.75, 3.05) is 0 Å². The molecule has 1 amide bonds. The Labute approximate surface area is 132 Å². The number of rotatable bonds is 2. The molecule has 1 saturated heterocycles. The van der Waals surface area contributed by atoms with Crippen LogP contribution in [0.2, 0.25) is 10.2 Å². The molecule has 7 heteroatoms. The lowest BCUT2D eigenvalue weighted by molar-refractivity contribution is -0.141. The summed E-state index contributed by atoms with van der Waals surface area (Å²) in [5.41, 5.74) is 0.252. The fourth-order valence-electron chi connectivity index (χ4n) is 3.63. The molecule has 2 N–H and O–H groups in total. The van der Waals surface area contributed by atoms with E-state index < -0.39 is 12.0 Å². The molecule has 0 aromatic carbocycles. The number of hydrogen-bond donors (Lipinski definition) is 2. The van der Waals surface area contributed by atoms with E-state index in [0.717, 1.165) is 25.7 Å². The second-order valence-electron chi connectivity index (χ2n) is 5.76. The third kappa shape index (κ3) is 2.53. The molecule has 3 unspecified atom stereocenters. The zero-order valence-electron chi connectivity index (χ0n) is 11.3. The summed E-state index contributed by atoms with van der Waals surface area (Å²) in [5.74, 6) is -0.989. The number of aliphatic carboxylic acids is 1. The van der Waals surface area contributed by atoms with Crippen molar-refractivity contribution < 1.29 is 14.7 Å². The highest BCUT2D eigenvalue weighted by molar-refractivity contribution is 6.41. The lowest BCUT2D eigenvalue weighted by atomic mass is 9.84. The van der Waals surface area contributed by atoms with Crippen molar-refractivity contribution in [2.24, 2.45) is 5.92 Å². The van der Waals surface area contributed by atoms with Gasteiger partial charge in [0.2, 0.25) is 0 Å². The van der Waals surface area contributed by atoms with Crippen LogP contribution in [0.5, 0.6) is 0 Å². The van der Waals surface area contributed by atoms with E-state index in [1.807, 2.05) is 0 Å². The minimum absolute atomic E-state index is 0.00759. The average molecular weight is 331 g/mol. The number of carbonyl (C=O) groups is 2. The highest BCUT2D eigenvalue weighted by atomic mass is 35.5. The summed E-state index contributed by atoms with van der Waals surface area (Å²) in [5, 5.41) is 9.90. The number of carboxylic acids is 1. The number of nitrogens with one attached hydrogen (secondary N) is 1. The summed E-state index contributed by atoms with van der Waals surface area (Å²) in [7, 11) is 0. The van der Waals surface area contributed by atoms with Crippen molar-refractivity contribution in [3.8, 4) is 0 Å². The summed E-state index contributed by atoms with van der Waals surface area (Å²) in [6, 6.07) is 0.709. The maximum absolute atomic E-state index is 12.7. The number of carboxylic acid groups (broad SMARTS) is 1. The number of aromatic nitrogens is 1. The van der Waals surface area contributed by atoms with E-state index in [2.05, 4.69) is 4.98 Å². The topological polar surface area (TPSA) is 73.4 Å². The van der Waals surface area contributed by atoms with Crippen molar-refractivity contribution in [1.29, 1.82) is 0 Å². The first-order valence-electron chi connectivity index (χ1n) is 7.08. The van der Waals surface area contributed by atoms with E-state index in [9.17, 15) is 14.7 Å². The Morgan fingerprint density at radius 3 is 2.62 bits per heavy atom. The minimum Gasteiger partial charge on any atom is -0.480 e. The van der Waals surface area contributed by atoms with Crippen LogP contribution in [0.3, 0.4) is 0 Å². The molecular formula is C14H16Cl2N2O3. The maximum Gasteiger partial charge on any atom is 0.326 e. The summed E-state index contributed by atoms with van der Waals surface area (Å²) in [6.45, 7) is 0. The van der Waals surface area contributed by atoms with E-state index in [1.165, 1.54) is 11.0 Å². The van der Waals surface area contributed by atoms with Crippen molar-refractivity contribution in [3.05, 3.63) is 21.9 Å². The molecule has 0 bridgehead atoms. The Kier molecular flexibility index (Phi) is 3.88. The molecule has 2 fully saturated rings. The average Bonchev–Trinajstić information content (AvgIpc) is 2.99. The molecule has 1 aliphatic heterocycles. The Hall–Kier alpha value is -1.20. The molecule has 1 aliphatic carbocycles. The van der Waals surface area contributed by atoms with Gasteiger partial charge in [0.1, 0.15) is 16.9 Å². The second-order valence-corrected chi connectivity index (χ2v) is 6.54. The van der Waals surface area contributed by atoms with Gasteiger partial charge in [-0.1, -0.05) is 36.0 Å². The molecule has 0 spiro atoms. The molecule has 1 aromatic heterocycles. The van der Waals surface area contributed by atoms with E-state index in [1.54, 1.807) is 0 Å². The number of likely N-dealkylation sites (tertiary alicyclic amines) is 1. The Balaban J connectivity index is 1.92. The molecule has 2 aliphatic rings. The lowest BCUT2D eigenvalue weighted by Crippen LogP contribution is -2.46. The quantitative estimate of drug-likeness (QED) is 0.874. The van der Waals surface area contributed by atoms with Crippen molar-refractivity contribution in [2.45, 2.75) is 44.2 Å². The van der Waals surface area contributed by atoms with Crippen LogP contribution in [0.4, 0.5) is 0 Å². The number of nitrogens with zero attached hydrogens (tertiary/aromatic N) is 1. The summed E-state index contributed by atoms with van der Waals surface area (Å²) < 4.78 is 0. The van der Waals surface area contributed by atoms with Gasteiger partial charge in [0.15, 0.2) is 0 Å². The van der Waals surface area contributed by atoms with Gasteiger partial charge in [-0.25, -0.2) is 4.79 Å². The Morgan fingerprint density at radius 1 is 1.29 bits per heavy atom. The first kappa shape index (κ1) is 14.7. The number of carbonyl (C=O) groups excluding carboxylic acids is 1. The first-order valence-corrected chi connectivity index (χ1v) is 7.84. The third-order valence-electron chi connectivity index (χ3n) is 4.56. The molecular weight excluding hydrogens is 315 g/mol. The third-order valence-corrected chi connectivity index (χ3v) is 5.26. The van der Waals surface area contributed by atoms with Crippen LogP contribution in [0.15, 0.2) is 6.07 Å². The van der Waals surface area contributed by atoms with E-state index >= 15 is 0 Å². The van der Waals surface area contributed by atoms with Gasteiger partial charge >= 0.3 is 5.97 Å². The van der Waals surface area contributed by atoms with Gasteiger partial charge in [0.05, 0.1) is 5.02 Å². The number of fused-ring (bicyclic) bond motifs is 1. The monoisotopic (exact) mass is 330 g/mol. The standard InChI is InChI=1S/C14H16Cl2N2O3/c15-8-6-9(17-12(8)16)13(19)18-10-4-2-1-3-7(10)5-11(18)14(20)21/h6-7,10-11,17H,1-5H2,(H,20,21). The molecule has 114 valence electrons. The predicted octanol–water partition coefficient (Wildman–Crippen LogP) is 3.18. The van der Waals surface area contributed by atoms with Gasteiger partial charge < -0.3 is 15.0 Å². The normalized spacial score (nSPS) is 28.5. The summed E-state index contributed by atoms with van der Waals surface area (Å²) in [4.78, 5) is 28.4. The molecule has 0 radical (unpaired) electrons. The van der Waals surface area contributed by atoms with Crippen molar-refractivity contribution in [3.63, 3.8) is 0 Å². The van der Waals surface area contributed by atoms with Crippen LogP contribution >= 0.6 is 23.2 Å². The summed E-state index contributed by atoms with van der Waals surface area (Å²) >= 11 is 11.7. The first-order chi connectivity index (χ1) is 9.99. The van der Waals surface area contributed by atoms with Gasteiger partial charge in [0, 0.05) is 6.04 Å². The van der Waals surface area contributed by atoms with Crippen molar-refractivity contribution >= 4 is 35.1 Å². The van der Waals surface area contributed by atoms with Crippen LogP contribution in [0, 0.1) is 5.92 Å². The Morgan fingerprint density at radius 2 is 2.00 bits per heavy atom. The molecule has 21 heavy (non-hydrogen) atoms. The van der Waals surface area contributed by atoms with Crippen LogP contribution in [0.1, 0.15) is 42.6 Å². The zero-order chi connectivity index (χ0) is 15.1. The number of hydrogen-bond acceptors (Lipinski definition) is 2. The van der Waals surface area contributed by atoms with Crippen LogP contribution in [0.25, 0.3) is 0 Å². The number of amides is 1. The molecule has 2 heterocycles. The van der Waals surface area contributed by atoms with E-state index in [0.29, 0.717) is 6.42 Å². The molecule has 1 aromatic rings. The maximum atomic E-state index is 12.7. The molecule has 3 rings (SSSR count). The highest BCUT2D eigenvalue weighted by Crippen LogP contribution is 2.40. The van der Waals surface area contributed by atoms with E-state index in [-0.39, 0.29) is 33.7 Å². The number of aromatic amines is 1. The van der Waals surface area contributed by atoms with Crippen LogP contribution in [-0.4, -0.2) is 39.0 Å². The summed E-state index contributed by atoms with van der Waals surface area (Å²) in [6.07, 6.45) is 4.53. The lowest BCUT2D eigenvalue weighted by Gasteiger charge is -2.32. The van der Waals surface area contributed by atoms with Crippen LogP contribution < -0.4 is 0 Å². The second kappa shape index (κ2) is 5.54. The van der Waals surface area contributed by atoms with Crippen LogP contribution in [-0.2, 0) is 4.79 Å². The highest BCUT2D eigenvalue weighted by Gasteiger charge is 2.47. The van der Waals surface area contributed by atoms with Gasteiger partial charge in [-0.3, -0.25) is 4.79 Å². The fourth-order valence-corrected chi connectivity index (χ4v) is 3.94. The minimum atomic E-state index is -0.943. The zero-order valence-corrected chi connectivity index (χ0v) is 12.8. The number of halogens is 2. The molecule has 5 nitrogen and oxygen atoms in total. The van der Waals surface area contributed by atoms with Gasteiger partial charge in [-0.05, 0) is 31.2 Å². The fraction of sp³-hybridized carbons (Fsp3) is 0.571. The van der Waals surface area contributed by atoms with E-state index in [4.69, 9.17) is 23.2 Å². The SMILES string of the molecule is O=C(O)C1CC2CCCCC2N1C(=O)c1cc(Cl)c(Cl)[nH]1. The largest absolute Gasteiger partial charge is 0.480 e. The van der Waals surface area contributed by atoms with Gasteiger partial charge in [0.25, 0.3) is 5.91 Å². The predicted molar refractivity (Wildman–Crippen MR) is 78.8 cm³/mol. The Bertz CT molecular complexity index is 567. The molecule has 1 saturated carbocycles. The van der Waals surface area contributed by atoms with Gasteiger partial charge in [-0.2, -0.15) is 0 Å².